The van der Waals surface area contributed by atoms with Crippen LogP contribution in [0.2, 0.25) is 5.02 Å². The van der Waals surface area contributed by atoms with Crippen LogP contribution in [0.4, 0.5) is 9.59 Å². The lowest BCUT2D eigenvalue weighted by atomic mass is 9.82. The molecule has 1 atom stereocenters. The van der Waals surface area contributed by atoms with E-state index >= 15 is 0 Å². The van der Waals surface area contributed by atoms with Gasteiger partial charge in [-0.3, -0.25) is 4.84 Å². The molecule has 0 heterocycles. The quantitative estimate of drug-likeness (QED) is 0.310. The third-order valence-electron chi connectivity index (χ3n) is 4.20. The fourth-order valence-electron chi connectivity index (χ4n) is 2.71. The summed E-state index contributed by atoms with van der Waals surface area (Å²) in [5.74, 6) is 7.00. The standard InChI is InChI=1S/C24H32ClNO6/c1-16(8-9-17-14-20(15-17)29-19-12-10-18(25)11-13-19)26(21(27)30-23(2,3)4)32-22(28)31-24(5,6)7/h10-13,16-17,20H,14-15H2,1-7H3. The van der Waals surface area contributed by atoms with Gasteiger partial charge in [0.15, 0.2) is 0 Å². The first-order valence-corrected chi connectivity index (χ1v) is 11.0. The van der Waals surface area contributed by atoms with Crippen LogP contribution in [0.1, 0.15) is 61.3 Å². The fraction of sp³-hybridized carbons (Fsp3) is 0.583. The Bertz CT molecular complexity index is 854. The molecule has 1 aliphatic carbocycles. The van der Waals surface area contributed by atoms with Crippen molar-refractivity contribution < 1.29 is 28.6 Å². The molecule has 1 aromatic rings. The van der Waals surface area contributed by atoms with Gasteiger partial charge < -0.3 is 14.2 Å². The van der Waals surface area contributed by atoms with Crippen molar-refractivity contribution in [2.45, 2.75) is 84.7 Å². The minimum atomic E-state index is -1.00. The molecule has 0 bridgehead atoms. The summed E-state index contributed by atoms with van der Waals surface area (Å²) in [4.78, 5) is 29.9. The van der Waals surface area contributed by atoms with Crippen LogP contribution in [0.15, 0.2) is 24.3 Å². The summed E-state index contributed by atoms with van der Waals surface area (Å²) >= 11 is 5.89. The van der Waals surface area contributed by atoms with Crippen molar-refractivity contribution in [3.05, 3.63) is 29.3 Å². The second-order valence-corrected chi connectivity index (χ2v) is 10.1. The average molecular weight is 466 g/mol. The Morgan fingerprint density at radius 1 is 1.03 bits per heavy atom. The van der Waals surface area contributed by atoms with Gasteiger partial charge >= 0.3 is 12.2 Å². The van der Waals surface area contributed by atoms with E-state index in [0.717, 1.165) is 23.7 Å². The summed E-state index contributed by atoms with van der Waals surface area (Å²) in [6, 6.07) is 6.50. The van der Waals surface area contributed by atoms with E-state index in [1.807, 2.05) is 12.1 Å². The Morgan fingerprint density at radius 2 is 1.59 bits per heavy atom. The van der Waals surface area contributed by atoms with Crippen LogP contribution >= 0.6 is 11.6 Å². The summed E-state index contributed by atoms with van der Waals surface area (Å²) in [5, 5.41) is 1.47. The number of nitrogens with zero attached hydrogens (tertiary/aromatic N) is 1. The van der Waals surface area contributed by atoms with E-state index in [1.165, 1.54) is 0 Å². The molecule has 32 heavy (non-hydrogen) atoms. The van der Waals surface area contributed by atoms with Gasteiger partial charge in [0.1, 0.15) is 29.1 Å². The van der Waals surface area contributed by atoms with Crippen molar-refractivity contribution in [2.24, 2.45) is 5.92 Å². The number of hydrogen-bond donors (Lipinski definition) is 0. The highest BCUT2D eigenvalue weighted by atomic mass is 35.5. The van der Waals surface area contributed by atoms with E-state index in [0.29, 0.717) is 5.02 Å². The smallest absolute Gasteiger partial charge is 0.490 e. The highest BCUT2D eigenvalue weighted by Crippen LogP contribution is 2.31. The molecule has 1 aromatic carbocycles. The molecule has 176 valence electrons. The van der Waals surface area contributed by atoms with Crippen molar-refractivity contribution in [3.8, 4) is 17.6 Å². The van der Waals surface area contributed by atoms with Crippen LogP contribution in [0, 0.1) is 17.8 Å². The number of hydroxylamine groups is 2. The number of rotatable bonds is 3. The SMILES string of the molecule is CC(C#CC1CC(Oc2ccc(Cl)cc2)C1)N(OC(=O)OC(C)(C)C)C(=O)OC(C)(C)C. The highest BCUT2D eigenvalue weighted by molar-refractivity contribution is 6.30. The summed E-state index contributed by atoms with van der Waals surface area (Å²) in [6.45, 7) is 11.9. The first-order valence-electron chi connectivity index (χ1n) is 10.6. The highest BCUT2D eigenvalue weighted by Gasteiger charge is 2.32. The molecule has 0 saturated heterocycles. The average Bonchev–Trinajstić information content (AvgIpc) is 2.59. The molecule has 1 fully saturated rings. The molecule has 0 N–H and O–H groups in total. The summed E-state index contributed by atoms with van der Waals surface area (Å²) in [6.07, 6.45) is -0.214. The number of benzene rings is 1. The number of carbonyl (C=O) groups excluding carboxylic acids is 2. The maximum absolute atomic E-state index is 12.6. The monoisotopic (exact) mass is 465 g/mol. The molecule has 8 heteroatoms. The Labute approximate surface area is 195 Å². The van der Waals surface area contributed by atoms with E-state index in [9.17, 15) is 9.59 Å². The predicted molar refractivity (Wildman–Crippen MR) is 121 cm³/mol. The fourth-order valence-corrected chi connectivity index (χ4v) is 2.84. The third kappa shape index (κ3) is 8.88. The second-order valence-electron chi connectivity index (χ2n) is 9.69. The van der Waals surface area contributed by atoms with Gasteiger partial charge in [-0.2, -0.15) is 0 Å². The molecule has 0 radical (unpaired) electrons. The first-order chi connectivity index (χ1) is 14.7. The van der Waals surface area contributed by atoms with Gasteiger partial charge in [0.2, 0.25) is 0 Å². The number of carbonyl (C=O) groups is 2. The zero-order chi connectivity index (χ0) is 24.1. The van der Waals surface area contributed by atoms with Gasteiger partial charge in [0, 0.05) is 10.9 Å². The molecule has 0 aliphatic heterocycles. The molecular weight excluding hydrogens is 434 g/mol. The molecule has 1 saturated carbocycles. The lowest BCUT2D eigenvalue weighted by molar-refractivity contribution is -0.144. The van der Waals surface area contributed by atoms with Crippen LogP contribution in [0.5, 0.6) is 5.75 Å². The van der Waals surface area contributed by atoms with E-state index in [-0.39, 0.29) is 12.0 Å². The van der Waals surface area contributed by atoms with E-state index < -0.39 is 29.5 Å². The predicted octanol–water partition coefficient (Wildman–Crippen LogP) is 5.99. The number of halogens is 1. The molecule has 2 rings (SSSR count). The number of hydrogen-bond acceptors (Lipinski definition) is 6. The molecule has 1 unspecified atom stereocenters. The van der Waals surface area contributed by atoms with E-state index in [4.69, 9.17) is 30.6 Å². The Hall–Kier alpha value is -2.59. The Kier molecular flexibility index (Phi) is 8.30. The summed E-state index contributed by atoms with van der Waals surface area (Å²) in [7, 11) is 0. The van der Waals surface area contributed by atoms with Crippen LogP contribution in [-0.2, 0) is 14.3 Å². The third-order valence-corrected chi connectivity index (χ3v) is 4.45. The van der Waals surface area contributed by atoms with E-state index in [2.05, 4.69) is 11.8 Å². The number of ether oxygens (including phenoxy) is 3. The minimum Gasteiger partial charge on any atom is -0.490 e. The van der Waals surface area contributed by atoms with Crippen LogP contribution in [-0.4, -0.2) is 40.7 Å². The zero-order valence-corrected chi connectivity index (χ0v) is 20.5. The van der Waals surface area contributed by atoms with Gasteiger partial charge in [-0.05, 0) is 85.6 Å². The van der Waals surface area contributed by atoms with Crippen molar-refractivity contribution in [1.82, 2.24) is 5.06 Å². The van der Waals surface area contributed by atoms with Crippen molar-refractivity contribution >= 4 is 23.8 Å². The Morgan fingerprint density at radius 3 is 2.12 bits per heavy atom. The van der Waals surface area contributed by atoms with Gasteiger partial charge in [0.05, 0.1) is 0 Å². The van der Waals surface area contributed by atoms with Crippen molar-refractivity contribution in [3.63, 3.8) is 0 Å². The van der Waals surface area contributed by atoms with Gasteiger partial charge in [-0.15, -0.1) is 5.06 Å². The minimum absolute atomic E-state index is 0.0748. The summed E-state index contributed by atoms with van der Waals surface area (Å²) < 4.78 is 16.4. The van der Waals surface area contributed by atoms with Gasteiger partial charge in [-0.1, -0.05) is 23.4 Å². The second kappa shape index (κ2) is 10.4. The normalized spacial score (nSPS) is 18.9. The first kappa shape index (κ1) is 25.7. The van der Waals surface area contributed by atoms with E-state index in [1.54, 1.807) is 60.6 Å². The van der Waals surface area contributed by atoms with Crippen LogP contribution < -0.4 is 4.74 Å². The summed E-state index contributed by atoms with van der Waals surface area (Å²) in [5.41, 5.74) is -1.53. The zero-order valence-electron chi connectivity index (χ0n) is 19.7. The molecule has 0 aromatic heterocycles. The molecule has 1 amide bonds. The maximum atomic E-state index is 12.6. The van der Waals surface area contributed by atoms with Crippen LogP contribution in [0.3, 0.4) is 0 Å². The maximum Gasteiger partial charge on any atom is 0.534 e. The lowest BCUT2D eigenvalue weighted by Gasteiger charge is -2.32. The van der Waals surface area contributed by atoms with Gasteiger partial charge in [0.25, 0.3) is 0 Å². The largest absolute Gasteiger partial charge is 0.534 e. The topological polar surface area (TPSA) is 74.3 Å². The molecule has 0 spiro atoms. The van der Waals surface area contributed by atoms with Crippen molar-refractivity contribution in [2.75, 3.05) is 0 Å². The number of amides is 1. The van der Waals surface area contributed by atoms with Crippen molar-refractivity contribution in [1.29, 1.82) is 0 Å². The Balaban J connectivity index is 1.96. The molecule has 1 aliphatic rings. The van der Waals surface area contributed by atoms with Crippen LogP contribution in [0.25, 0.3) is 0 Å². The molecular formula is C24H32ClNO6. The molecule has 7 nitrogen and oxygen atoms in total. The lowest BCUT2D eigenvalue weighted by Crippen LogP contribution is -2.44. The van der Waals surface area contributed by atoms with Gasteiger partial charge in [-0.25, -0.2) is 9.59 Å².